The number of hydrogen-bond donors (Lipinski definition) is 3. The number of phenols is 1. The van der Waals surface area contributed by atoms with E-state index in [1.165, 1.54) is 18.2 Å². The molecule has 1 aromatic carbocycles. The molecule has 0 bridgehead atoms. The molecule has 6 nitrogen and oxygen atoms in total. The Hall–Kier alpha value is -1.37. The number of nitro groups is 1. The Kier molecular flexibility index (Phi) is 7.49. The highest BCUT2D eigenvalue weighted by molar-refractivity contribution is 5.85. The summed E-state index contributed by atoms with van der Waals surface area (Å²) in [5, 5.41) is 30.4. The van der Waals surface area contributed by atoms with Crippen molar-refractivity contribution in [2.24, 2.45) is 11.7 Å². The Bertz CT molecular complexity index is 454. The van der Waals surface area contributed by atoms with E-state index in [0.717, 1.165) is 6.42 Å². The molecule has 2 atom stereocenters. The Morgan fingerprint density at radius 3 is 2.45 bits per heavy atom. The highest BCUT2D eigenvalue weighted by atomic mass is 35.5. The molecule has 0 unspecified atom stereocenters. The van der Waals surface area contributed by atoms with Gasteiger partial charge < -0.3 is 15.9 Å². The lowest BCUT2D eigenvalue weighted by molar-refractivity contribution is -0.385. The Morgan fingerprint density at radius 2 is 1.95 bits per heavy atom. The van der Waals surface area contributed by atoms with Gasteiger partial charge >= 0.3 is 0 Å². The number of non-ortho nitro benzene ring substituents is 1. The van der Waals surface area contributed by atoms with Crippen molar-refractivity contribution in [1.82, 2.24) is 0 Å². The van der Waals surface area contributed by atoms with Crippen molar-refractivity contribution >= 4 is 18.1 Å². The molecule has 0 spiro atoms. The number of aromatic hydroxyl groups is 1. The van der Waals surface area contributed by atoms with Crippen molar-refractivity contribution in [3.05, 3.63) is 33.9 Å². The van der Waals surface area contributed by atoms with E-state index in [2.05, 4.69) is 0 Å². The largest absolute Gasteiger partial charge is 0.508 e. The number of nitrogens with two attached hydrogens (primary N) is 1. The van der Waals surface area contributed by atoms with Crippen LogP contribution in [0, 0.1) is 16.0 Å². The molecule has 0 heterocycles. The highest BCUT2D eigenvalue weighted by Gasteiger charge is 2.22. The minimum Gasteiger partial charge on any atom is -0.508 e. The van der Waals surface area contributed by atoms with Crippen LogP contribution in [0.15, 0.2) is 18.2 Å². The predicted molar refractivity (Wildman–Crippen MR) is 79.0 cm³/mol. The zero-order chi connectivity index (χ0) is 14.6. The number of halogens is 1. The summed E-state index contributed by atoms with van der Waals surface area (Å²) < 4.78 is 0. The fraction of sp³-hybridized carbons (Fsp3) is 0.538. The average Bonchev–Trinajstić information content (AvgIpc) is 2.35. The van der Waals surface area contributed by atoms with Gasteiger partial charge in [0.1, 0.15) is 5.75 Å². The van der Waals surface area contributed by atoms with E-state index >= 15 is 0 Å². The molecule has 4 N–H and O–H groups in total. The first-order valence-corrected chi connectivity index (χ1v) is 6.24. The minimum absolute atomic E-state index is 0. The topological polar surface area (TPSA) is 110 Å². The Morgan fingerprint density at radius 1 is 1.35 bits per heavy atom. The molecule has 0 amide bonds. The summed E-state index contributed by atoms with van der Waals surface area (Å²) in [4.78, 5) is 10.1. The number of aliphatic hydroxyl groups excluding tert-OH is 1. The van der Waals surface area contributed by atoms with Gasteiger partial charge in [-0.3, -0.25) is 10.1 Å². The van der Waals surface area contributed by atoms with E-state index in [9.17, 15) is 20.3 Å². The average molecular weight is 305 g/mol. The van der Waals surface area contributed by atoms with Gasteiger partial charge in [0.05, 0.1) is 17.1 Å². The summed E-state index contributed by atoms with van der Waals surface area (Å²) in [7, 11) is 0. The van der Waals surface area contributed by atoms with Crippen LogP contribution in [0.1, 0.15) is 38.3 Å². The van der Waals surface area contributed by atoms with Gasteiger partial charge in [0.2, 0.25) is 0 Å². The molecule has 0 fully saturated rings. The van der Waals surface area contributed by atoms with Gasteiger partial charge in [-0.25, -0.2) is 0 Å². The SMILES string of the molecule is CC(C)CC[C@H](O)[C@H](N)c1cc([N+](=O)[O-])ccc1O.Cl. The number of hydrogen-bond acceptors (Lipinski definition) is 5. The summed E-state index contributed by atoms with van der Waals surface area (Å²) >= 11 is 0. The molecule has 0 aliphatic rings. The van der Waals surface area contributed by atoms with Gasteiger partial charge in [0, 0.05) is 17.7 Å². The Labute approximate surface area is 124 Å². The van der Waals surface area contributed by atoms with E-state index < -0.39 is 17.1 Å². The van der Waals surface area contributed by atoms with Crippen molar-refractivity contribution in [2.75, 3.05) is 0 Å². The van der Waals surface area contributed by atoms with Gasteiger partial charge in [-0.15, -0.1) is 12.4 Å². The van der Waals surface area contributed by atoms with Gasteiger partial charge in [0.25, 0.3) is 5.69 Å². The van der Waals surface area contributed by atoms with Crippen LogP contribution in [-0.2, 0) is 0 Å². The second kappa shape index (κ2) is 8.04. The molecule has 0 radical (unpaired) electrons. The number of aliphatic hydroxyl groups is 1. The van der Waals surface area contributed by atoms with Gasteiger partial charge in [0.15, 0.2) is 0 Å². The third-order valence-corrected chi connectivity index (χ3v) is 3.04. The molecule has 0 aliphatic heterocycles. The van der Waals surface area contributed by atoms with Gasteiger partial charge in [-0.05, 0) is 24.8 Å². The molecular weight excluding hydrogens is 284 g/mol. The normalized spacial score (nSPS) is 13.7. The van der Waals surface area contributed by atoms with E-state index in [1.807, 2.05) is 13.8 Å². The first-order chi connectivity index (χ1) is 8.82. The van der Waals surface area contributed by atoms with Crippen LogP contribution < -0.4 is 5.73 Å². The first-order valence-electron chi connectivity index (χ1n) is 6.24. The van der Waals surface area contributed by atoms with Gasteiger partial charge in [-0.1, -0.05) is 13.8 Å². The minimum atomic E-state index is -0.838. The second-order valence-electron chi connectivity index (χ2n) is 5.06. The molecule has 7 heteroatoms. The summed E-state index contributed by atoms with van der Waals surface area (Å²) in [6.07, 6.45) is 0.446. The van der Waals surface area contributed by atoms with Crippen LogP contribution in [0.3, 0.4) is 0 Å². The summed E-state index contributed by atoms with van der Waals surface area (Å²) in [6, 6.07) is 2.80. The lowest BCUT2D eigenvalue weighted by atomic mass is 9.95. The van der Waals surface area contributed by atoms with Crippen molar-refractivity contribution in [3.63, 3.8) is 0 Å². The Balaban J connectivity index is 0.00000361. The standard InChI is InChI=1S/C13H20N2O4.ClH/c1-8(2)3-5-12(17)13(14)10-7-9(15(18)19)4-6-11(10)16;/h4,6-8,12-13,16-17H,3,5,14H2,1-2H3;1H/t12-,13+;/m0./s1. The number of benzene rings is 1. The molecule has 0 aromatic heterocycles. The van der Waals surface area contributed by atoms with Crippen LogP contribution in [0.25, 0.3) is 0 Å². The third-order valence-electron chi connectivity index (χ3n) is 3.04. The van der Waals surface area contributed by atoms with E-state index in [1.54, 1.807) is 0 Å². The van der Waals surface area contributed by atoms with Crippen LogP contribution in [0.5, 0.6) is 5.75 Å². The van der Waals surface area contributed by atoms with Crippen LogP contribution in [0.4, 0.5) is 5.69 Å². The molecule has 20 heavy (non-hydrogen) atoms. The maximum Gasteiger partial charge on any atom is 0.270 e. The smallest absolute Gasteiger partial charge is 0.270 e. The monoisotopic (exact) mass is 304 g/mol. The fourth-order valence-electron chi connectivity index (χ4n) is 1.81. The maximum atomic E-state index is 10.7. The predicted octanol–water partition coefficient (Wildman–Crippen LogP) is 2.52. The highest BCUT2D eigenvalue weighted by Crippen LogP contribution is 2.30. The lowest BCUT2D eigenvalue weighted by Gasteiger charge is -2.20. The van der Waals surface area contributed by atoms with E-state index in [-0.39, 0.29) is 29.4 Å². The van der Waals surface area contributed by atoms with Crippen LogP contribution >= 0.6 is 12.4 Å². The molecule has 1 rings (SSSR count). The van der Waals surface area contributed by atoms with Gasteiger partial charge in [-0.2, -0.15) is 0 Å². The van der Waals surface area contributed by atoms with Crippen molar-refractivity contribution in [1.29, 1.82) is 0 Å². The maximum absolute atomic E-state index is 10.7. The number of nitrogens with zero attached hydrogens (tertiary/aromatic N) is 1. The van der Waals surface area contributed by atoms with Crippen molar-refractivity contribution in [3.8, 4) is 5.75 Å². The van der Waals surface area contributed by atoms with Crippen LogP contribution in [-0.4, -0.2) is 21.2 Å². The number of rotatable bonds is 6. The second-order valence-corrected chi connectivity index (χ2v) is 5.06. The number of nitro benzene ring substituents is 1. The quantitative estimate of drug-likeness (QED) is 0.552. The molecule has 0 saturated heterocycles. The molecule has 0 aliphatic carbocycles. The zero-order valence-electron chi connectivity index (χ0n) is 11.5. The number of phenolic OH excluding ortho intramolecular Hbond substituents is 1. The lowest BCUT2D eigenvalue weighted by Crippen LogP contribution is -2.26. The van der Waals surface area contributed by atoms with E-state index in [0.29, 0.717) is 12.3 Å². The third kappa shape index (κ3) is 4.96. The molecular formula is C13H21ClN2O4. The summed E-state index contributed by atoms with van der Waals surface area (Å²) in [6.45, 7) is 4.06. The summed E-state index contributed by atoms with van der Waals surface area (Å²) in [5.41, 5.74) is 5.91. The zero-order valence-corrected chi connectivity index (χ0v) is 12.3. The fourth-order valence-corrected chi connectivity index (χ4v) is 1.81. The van der Waals surface area contributed by atoms with Crippen molar-refractivity contribution < 1.29 is 15.1 Å². The summed E-state index contributed by atoms with van der Waals surface area (Å²) in [5.74, 6) is 0.294. The molecule has 1 aromatic rings. The molecule has 114 valence electrons. The molecule has 0 saturated carbocycles. The first kappa shape index (κ1) is 18.6. The van der Waals surface area contributed by atoms with Crippen molar-refractivity contribution in [2.45, 2.75) is 38.8 Å². The van der Waals surface area contributed by atoms with E-state index in [4.69, 9.17) is 5.73 Å². The van der Waals surface area contributed by atoms with Crippen LogP contribution in [0.2, 0.25) is 0 Å².